The molecule has 0 spiro atoms. The highest BCUT2D eigenvalue weighted by Gasteiger charge is 2.60. The Kier molecular flexibility index (Phi) is 7.69. The van der Waals surface area contributed by atoms with E-state index in [4.69, 9.17) is 4.74 Å². The second kappa shape index (κ2) is 10.0. The van der Waals surface area contributed by atoms with Crippen molar-refractivity contribution in [2.45, 2.75) is 117 Å². The van der Waals surface area contributed by atoms with Crippen molar-refractivity contribution in [1.82, 2.24) is 5.32 Å². The highest BCUT2D eigenvalue weighted by Crippen LogP contribution is 2.68. The fourth-order valence-electron chi connectivity index (χ4n) is 9.58. The third-order valence-electron chi connectivity index (χ3n) is 11.3. The van der Waals surface area contributed by atoms with Gasteiger partial charge in [-0.1, -0.05) is 13.8 Å². The summed E-state index contributed by atoms with van der Waals surface area (Å²) in [5.74, 6) is 2.74. The summed E-state index contributed by atoms with van der Waals surface area (Å²) in [6, 6.07) is -0.640. The molecule has 0 aromatic carbocycles. The van der Waals surface area contributed by atoms with Gasteiger partial charge in [-0.05, 0) is 125 Å². The van der Waals surface area contributed by atoms with Gasteiger partial charge in [-0.3, -0.25) is 19.7 Å². The second-order valence-electron chi connectivity index (χ2n) is 14.0. The Morgan fingerprint density at radius 1 is 0.972 bits per heavy atom. The van der Waals surface area contributed by atoms with Gasteiger partial charge in [0, 0.05) is 18.4 Å². The second-order valence-corrected chi connectivity index (χ2v) is 14.0. The minimum atomic E-state index is -0.823. The highest BCUT2D eigenvalue weighted by molar-refractivity contribution is 5.79. The van der Waals surface area contributed by atoms with E-state index >= 15 is 0 Å². The molecule has 4 fully saturated rings. The predicted molar refractivity (Wildman–Crippen MR) is 139 cm³/mol. The molecule has 0 aromatic rings. The lowest BCUT2D eigenvalue weighted by atomic mass is 9.44. The number of fused-ring (bicyclic) bond motifs is 5. The number of aliphatic carboxylic acids is 1. The molecule has 6 nitrogen and oxygen atoms in total. The average molecular weight is 504 g/mol. The number of esters is 1. The quantitative estimate of drug-likeness (QED) is 0.417. The molecule has 4 aliphatic carbocycles. The summed E-state index contributed by atoms with van der Waals surface area (Å²) in [7, 11) is 0. The van der Waals surface area contributed by atoms with Crippen LogP contribution in [0.4, 0.5) is 0 Å². The van der Waals surface area contributed by atoms with Gasteiger partial charge in [0.1, 0.15) is 18.4 Å². The van der Waals surface area contributed by atoms with Crippen LogP contribution in [0.1, 0.15) is 106 Å². The first-order valence-electron chi connectivity index (χ1n) is 14.4. The highest BCUT2D eigenvalue weighted by atomic mass is 16.5. The van der Waals surface area contributed by atoms with E-state index in [0.717, 1.165) is 31.1 Å². The number of nitrogens with one attached hydrogen (secondary N) is 1. The van der Waals surface area contributed by atoms with Gasteiger partial charge in [0.05, 0.1) is 0 Å². The van der Waals surface area contributed by atoms with Crippen LogP contribution in [0, 0.1) is 46.3 Å². The Hall–Kier alpha value is -1.43. The van der Waals surface area contributed by atoms with E-state index < -0.39 is 17.6 Å². The summed E-state index contributed by atoms with van der Waals surface area (Å²) in [5.41, 5.74) is -0.0494. The van der Waals surface area contributed by atoms with Gasteiger partial charge in [0.25, 0.3) is 0 Å². The zero-order chi connectivity index (χ0) is 26.5. The topological polar surface area (TPSA) is 92.7 Å². The Morgan fingerprint density at radius 3 is 2.28 bits per heavy atom. The van der Waals surface area contributed by atoms with Crippen LogP contribution in [0.3, 0.4) is 0 Å². The fourth-order valence-corrected chi connectivity index (χ4v) is 9.58. The van der Waals surface area contributed by atoms with E-state index in [-0.39, 0.29) is 23.9 Å². The average Bonchev–Trinajstić information content (AvgIpc) is 3.15. The largest absolute Gasteiger partial charge is 0.480 e. The van der Waals surface area contributed by atoms with Crippen LogP contribution in [-0.4, -0.2) is 41.0 Å². The fraction of sp³-hybridized carbons (Fsp3) is 0.900. The summed E-state index contributed by atoms with van der Waals surface area (Å²) >= 11 is 0. The number of carboxylic acid groups (broad SMARTS) is 1. The van der Waals surface area contributed by atoms with Crippen molar-refractivity contribution < 1.29 is 24.2 Å². The minimum Gasteiger partial charge on any atom is -0.480 e. The Labute approximate surface area is 217 Å². The van der Waals surface area contributed by atoms with Crippen molar-refractivity contribution in [2.75, 3.05) is 6.61 Å². The van der Waals surface area contributed by atoms with Gasteiger partial charge >= 0.3 is 11.9 Å². The first-order valence-corrected chi connectivity index (χ1v) is 14.4. The SMILES string of the molecule is CC(=O)OCC(C)(C)NC(C[C@H]1CC[C@@]2(C)[C@@H](CC[C@@H]3[C@@H]2CC[C@]2(C)[C@@H](C(C)=O)CC[C@@H]32)C1)C(=O)O. The van der Waals surface area contributed by atoms with Crippen molar-refractivity contribution in [3.05, 3.63) is 0 Å². The number of hydrogen-bond donors (Lipinski definition) is 2. The molecule has 0 heterocycles. The van der Waals surface area contributed by atoms with Crippen molar-refractivity contribution in [2.24, 2.45) is 46.3 Å². The van der Waals surface area contributed by atoms with Gasteiger partial charge in [0.2, 0.25) is 0 Å². The maximum atomic E-state index is 12.4. The number of ketones is 1. The van der Waals surface area contributed by atoms with Gasteiger partial charge in [-0.2, -0.15) is 0 Å². The number of ether oxygens (including phenoxy) is 1. The van der Waals surface area contributed by atoms with Crippen LogP contribution in [-0.2, 0) is 19.1 Å². The first-order chi connectivity index (χ1) is 16.8. The number of carbonyl (C=O) groups excluding carboxylic acids is 2. The van der Waals surface area contributed by atoms with Gasteiger partial charge in [-0.25, -0.2) is 0 Å². The lowest BCUT2D eigenvalue weighted by molar-refractivity contribution is -0.144. The van der Waals surface area contributed by atoms with E-state index in [2.05, 4.69) is 19.2 Å². The zero-order valence-corrected chi connectivity index (χ0v) is 23.4. The number of Topliss-reactive ketones (excluding diaryl/α,β-unsaturated/α-hetero) is 1. The van der Waals surface area contributed by atoms with Crippen LogP contribution in [0.2, 0.25) is 0 Å². The molecule has 4 saturated carbocycles. The van der Waals surface area contributed by atoms with E-state index in [0.29, 0.717) is 35.4 Å². The number of carbonyl (C=O) groups is 3. The molecule has 4 rings (SSSR count). The van der Waals surface area contributed by atoms with E-state index in [1.54, 1.807) is 6.92 Å². The van der Waals surface area contributed by atoms with Gasteiger partial charge in [0.15, 0.2) is 0 Å². The third kappa shape index (κ3) is 5.13. The van der Waals surface area contributed by atoms with Gasteiger partial charge < -0.3 is 9.84 Å². The molecule has 36 heavy (non-hydrogen) atoms. The molecule has 9 atom stereocenters. The molecule has 4 aliphatic rings. The molecular formula is C30H49NO5. The number of hydrogen-bond acceptors (Lipinski definition) is 5. The lowest BCUT2D eigenvalue weighted by Gasteiger charge is -2.61. The minimum absolute atomic E-state index is 0.158. The standard InChI is InChI=1S/C30H49NO5/c1-18(32)23-9-10-24-22-8-7-21-15-20(11-13-29(21,5)25(22)12-14-30(23,24)6)16-26(27(34)35)31-28(3,4)17-36-19(2)33/h20-26,31H,7-17H2,1-6H3,(H,34,35)/t20-,21-,22-,23+,24-,25-,26?,29-,30+/m0/s1. The molecule has 6 heteroatoms. The summed E-state index contributed by atoms with van der Waals surface area (Å²) in [6.45, 7) is 12.1. The van der Waals surface area contributed by atoms with E-state index in [1.807, 2.05) is 13.8 Å². The number of rotatable bonds is 8. The summed E-state index contributed by atoms with van der Waals surface area (Å²) in [6.07, 6.45) is 11.3. The van der Waals surface area contributed by atoms with Crippen LogP contribution in [0.15, 0.2) is 0 Å². The lowest BCUT2D eigenvalue weighted by Crippen LogP contribution is -2.55. The third-order valence-corrected chi connectivity index (χ3v) is 11.3. The van der Waals surface area contributed by atoms with Crippen LogP contribution in [0.5, 0.6) is 0 Å². The molecule has 0 saturated heterocycles. The van der Waals surface area contributed by atoms with E-state index in [1.165, 1.54) is 45.4 Å². The van der Waals surface area contributed by atoms with Crippen LogP contribution in [0.25, 0.3) is 0 Å². The molecule has 0 radical (unpaired) electrons. The maximum Gasteiger partial charge on any atom is 0.320 e. The monoisotopic (exact) mass is 503 g/mol. The summed E-state index contributed by atoms with van der Waals surface area (Å²) in [4.78, 5) is 35.8. The predicted octanol–water partition coefficient (Wildman–Crippen LogP) is 5.63. The molecule has 204 valence electrons. The zero-order valence-electron chi connectivity index (χ0n) is 23.4. The molecular weight excluding hydrogens is 454 g/mol. The van der Waals surface area contributed by atoms with Crippen molar-refractivity contribution >= 4 is 17.7 Å². The molecule has 0 aromatic heterocycles. The van der Waals surface area contributed by atoms with Crippen molar-refractivity contribution in [1.29, 1.82) is 0 Å². The smallest absolute Gasteiger partial charge is 0.320 e. The number of carboxylic acids is 1. The molecule has 0 aliphatic heterocycles. The molecule has 1 unspecified atom stereocenters. The first kappa shape index (κ1) is 27.6. The molecule has 2 N–H and O–H groups in total. The molecule has 0 bridgehead atoms. The molecule has 0 amide bonds. The Morgan fingerprint density at radius 2 is 1.64 bits per heavy atom. The van der Waals surface area contributed by atoms with Crippen LogP contribution >= 0.6 is 0 Å². The van der Waals surface area contributed by atoms with Gasteiger partial charge in [-0.15, -0.1) is 0 Å². The normalized spacial score (nSPS) is 40.9. The Balaban J connectivity index is 1.40. The summed E-state index contributed by atoms with van der Waals surface area (Å²) in [5, 5.41) is 13.2. The van der Waals surface area contributed by atoms with Crippen molar-refractivity contribution in [3.8, 4) is 0 Å². The van der Waals surface area contributed by atoms with Crippen molar-refractivity contribution in [3.63, 3.8) is 0 Å². The Bertz CT molecular complexity index is 869. The summed E-state index contributed by atoms with van der Waals surface area (Å²) < 4.78 is 5.16. The van der Waals surface area contributed by atoms with Crippen LogP contribution < -0.4 is 5.32 Å². The maximum absolute atomic E-state index is 12.4. The van der Waals surface area contributed by atoms with E-state index in [9.17, 15) is 19.5 Å².